The Morgan fingerprint density at radius 3 is 2.37 bits per heavy atom. The van der Waals surface area contributed by atoms with Crippen LogP contribution < -0.4 is 16.0 Å². The molecule has 0 aliphatic heterocycles. The van der Waals surface area contributed by atoms with E-state index in [1.54, 1.807) is 6.92 Å². The summed E-state index contributed by atoms with van der Waals surface area (Å²) in [6.07, 6.45) is 0.871. The largest absolute Gasteiger partial charge is 0.460 e. The van der Waals surface area contributed by atoms with Crippen LogP contribution in [0.3, 0.4) is 0 Å². The second kappa shape index (κ2) is 10.4. The molecule has 19 heavy (non-hydrogen) atoms. The zero-order valence-electron chi connectivity index (χ0n) is 12.0. The topological polar surface area (TPSA) is 79.5 Å². The van der Waals surface area contributed by atoms with Gasteiger partial charge in [-0.3, -0.25) is 0 Å². The minimum Gasteiger partial charge on any atom is -0.460 e. The monoisotopic (exact) mass is 271 g/mol. The van der Waals surface area contributed by atoms with Crippen molar-refractivity contribution in [3.8, 4) is 0 Å². The molecule has 0 radical (unpaired) electrons. The third-order valence-corrected chi connectivity index (χ3v) is 2.16. The van der Waals surface area contributed by atoms with Gasteiger partial charge >= 0.3 is 12.0 Å². The summed E-state index contributed by atoms with van der Waals surface area (Å²) in [5.41, 5.74) is 0.349. The molecule has 0 saturated heterocycles. The average Bonchev–Trinajstić information content (AvgIpc) is 2.33. The third-order valence-electron chi connectivity index (χ3n) is 2.16. The molecule has 110 valence electrons. The highest BCUT2D eigenvalue weighted by Crippen LogP contribution is 1.90. The maximum absolute atomic E-state index is 11.3. The standard InChI is InChI=1S/C13H25N3O3/c1-10(2)12(17)19-9-8-16-13(18)15-7-5-6-14-11(3)4/h11,14H,1,5-9H2,2-4H3,(H2,15,16,18). The summed E-state index contributed by atoms with van der Waals surface area (Å²) in [6.45, 7) is 11.1. The Kier molecular flexibility index (Phi) is 9.52. The van der Waals surface area contributed by atoms with E-state index in [-0.39, 0.29) is 19.2 Å². The van der Waals surface area contributed by atoms with Gasteiger partial charge in [0.05, 0.1) is 6.54 Å². The van der Waals surface area contributed by atoms with Crippen LogP contribution in [0.2, 0.25) is 0 Å². The van der Waals surface area contributed by atoms with Crippen LogP contribution in [0.4, 0.5) is 4.79 Å². The Balaban J connectivity index is 3.40. The number of hydrogen-bond donors (Lipinski definition) is 3. The molecule has 0 bridgehead atoms. The second-order valence-electron chi connectivity index (χ2n) is 4.56. The number of ether oxygens (including phenoxy) is 1. The smallest absolute Gasteiger partial charge is 0.333 e. The van der Waals surface area contributed by atoms with E-state index in [2.05, 4.69) is 36.4 Å². The zero-order chi connectivity index (χ0) is 14.7. The molecule has 0 heterocycles. The molecule has 0 fully saturated rings. The maximum atomic E-state index is 11.3. The van der Waals surface area contributed by atoms with E-state index >= 15 is 0 Å². The van der Waals surface area contributed by atoms with Gasteiger partial charge < -0.3 is 20.7 Å². The Labute approximate surface area is 115 Å². The van der Waals surface area contributed by atoms with Crippen LogP contribution in [0, 0.1) is 0 Å². The molecule has 0 unspecified atom stereocenters. The molecule has 0 aromatic rings. The van der Waals surface area contributed by atoms with Crippen molar-refractivity contribution in [2.45, 2.75) is 33.2 Å². The van der Waals surface area contributed by atoms with Crippen LogP contribution in [0.5, 0.6) is 0 Å². The lowest BCUT2D eigenvalue weighted by Crippen LogP contribution is -2.39. The summed E-state index contributed by atoms with van der Waals surface area (Å²) in [4.78, 5) is 22.3. The van der Waals surface area contributed by atoms with Crippen LogP contribution in [0.1, 0.15) is 27.2 Å². The molecule has 3 N–H and O–H groups in total. The van der Waals surface area contributed by atoms with E-state index in [1.165, 1.54) is 0 Å². The van der Waals surface area contributed by atoms with Crippen LogP contribution in [-0.2, 0) is 9.53 Å². The molecule has 0 aromatic carbocycles. The average molecular weight is 271 g/mol. The summed E-state index contributed by atoms with van der Waals surface area (Å²) in [7, 11) is 0. The normalized spacial score (nSPS) is 10.1. The number of amides is 2. The lowest BCUT2D eigenvalue weighted by atomic mass is 10.3. The first-order chi connectivity index (χ1) is 8.93. The minimum atomic E-state index is -0.443. The van der Waals surface area contributed by atoms with Crippen molar-refractivity contribution >= 4 is 12.0 Å². The molecule has 6 heteroatoms. The highest BCUT2D eigenvalue weighted by molar-refractivity contribution is 5.86. The van der Waals surface area contributed by atoms with Gasteiger partial charge in [0.2, 0.25) is 0 Å². The fourth-order valence-corrected chi connectivity index (χ4v) is 1.18. The fraction of sp³-hybridized carbons (Fsp3) is 0.692. The number of rotatable bonds is 9. The van der Waals surface area contributed by atoms with Gasteiger partial charge in [-0.2, -0.15) is 0 Å². The Bertz CT molecular complexity index is 304. The van der Waals surface area contributed by atoms with Crippen LogP contribution in [0.15, 0.2) is 12.2 Å². The number of nitrogens with one attached hydrogen (secondary N) is 3. The predicted molar refractivity (Wildman–Crippen MR) is 74.9 cm³/mol. The first-order valence-electron chi connectivity index (χ1n) is 6.51. The summed E-state index contributed by atoms with van der Waals surface area (Å²) in [5.74, 6) is -0.443. The zero-order valence-corrected chi connectivity index (χ0v) is 12.0. The SMILES string of the molecule is C=C(C)C(=O)OCCNC(=O)NCCCNC(C)C. The molecule has 0 saturated carbocycles. The van der Waals surface area contributed by atoms with E-state index in [9.17, 15) is 9.59 Å². The van der Waals surface area contributed by atoms with Crippen molar-refractivity contribution in [3.05, 3.63) is 12.2 Å². The third kappa shape index (κ3) is 11.3. The van der Waals surface area contributed by atoms with Gasteiger partial charge in [-0.25, -0.2) is 9.59 Å². The van der Waals surface area contributed by atoms with Crippen molar-refractivity contribution in [2.24, 2.45) is 0 Å². The molecule has 0 rings (SSSR count). The van der Waals surface area contributed by atoms with E-state index in [0.29, 0.717) is 18.2 Å². The van der Waals surface area contributed by atoms with Gasteiger partial charge in [0.15, 0.2) is 0 Å². The van der Waals surface area contributed by atoms with Crippen molar-refractivity contribution in [3.63, 3.8) is 0 Å². The summed E-state index contributed by atoms with van der Waals surface area (Å²) in [5, 5.41) is 8.58. The minimum absolute atomic E-state index is 0.147. The van der Waals surface area contributed by atoms with Crippen LogP contribution in [-0.4, -0.2) is 44.3 Å². The molecule has 0 aromatic heterocycles. The van der Waals surface area contributed by atoms with Gasteiger partial charge in [0.25, 0.3) is 0 Å². The van der Waals surface area contributed by atoms with Gasteiger partial charge in [0.1, 0.15) is 6.61 Å². The number of carbonyl (C=O) groups is 2. The van der Waals surface area contributed by atoms with Gasteiger partial charge in [-0.1, -0.05) is 20.4 Å². The van der Waals surface area contributed by atoms with Crippen LogP contribution >= 0.6 is 0 Å². The lowest BCUT2D eigenvalue weighted by molar-refractivity contribution is -0.138. The number of hydrogen-bond acceptors (Lipinski definition) is 4. The fourth-order valence-electron chi connectivity index (χ4n) is 1.18. The van der Waals surface area contributed by atoms with E-state index in [4.69, 9.17) is 4.74 Å². The molecular weight excluding hydrogens is 246 g/mol. The van der Waals surface area contributed by atoms with Crippen molar-refractivity contribution in [1.29, 1.82) is 0 Å². The number of carbonyl (C=O) groups excluding carboxylic acids is 2. The Hall–Kier alpha value is -1.56. The Morgan fingerprint density at radius 1 is 1.16 bits per heavy atom. The first-order valence-corrected chi connectivity index (χ1v) is 6.51. The van der Waals surface area contributed by atoms with E-state index in [1.807, 2.05) is 0 Å². The molecule has 6 nitrogen and oxygen atoms in total. The van der Waals surface area contributed by atoms with Crippen LogP contribution in [0.25, 0.3) is 0 Å². The summed E-state index contributed by atoms with van der Waals surface area (Å²) in [6, 6.07) is 0.202. The van der Waals surface area contributed by atoms with Gasteiger partial charge in [-0.15, -0.1) is 0 Å². The number of urea groups is 1. The molecule has 0 spiro atoms. The molecule has 0 aliphatic rings. The van der Waals surface area contributed by atoms with E-state index < -0.39 is 5.97 Å². The molecule has 2 amide bonds. The van der Waals surface area contributed by atoms with Crippen molar-refractivity contribution in [2.75, 3.05) is 26.2 Å². The predicted octanol–water partition coefficient (Wildman–Crippen LogP) is 0.793. The first kappa shape index (κ1) is 17.4. The highest BCUT2D eigenvalue weighted by Gasteiger charge is 2.03. The highest BCUT2D eigenvalue weighted by atomic mass is 16.5. The lowest BCUT2D eigenvalue weighted by Gasteiger charge is -2.10. The van der Waals surface area contributed by atoms with Gasteiger partial charge in [0, 0.05) is 18.2 Å². The molecule has 0 atom stereocenters. The van der Waals surface area contributed by atoms with Crippen molar-refractivity contribution in [1.82, 2.24) is 16.0 Å². The Morgan fingerprint density at radius 2 is 1.79 bits per heavy atom. The summed E-state index contributed by atoms with van der Waals surface area (Å²) >= 11 is 0. The molecule has 0 aliphatic carbocycles. The van der Waals surface area contributed by atoms with Gasteiger partial charge in [-0.05, 0) is 19.9 Å². The number of esters is 1. The summed E-state index contributed by atoms with van der Waals surface area (Å²) < 4.78 is 4.83. The molecular formula is C13H25N3O3. The quantitative estimate of drug-likeness (QED) is 0.329. The second-order valence-corrected chi connectivity index (χ2v) is 4.56. The van der Waals surface area contributed by atoms with E-state index in [0.717, 1.165) is 13.0 Å². The maximum Gasteiger partial charge on any atom is 0.333 e. The van der Waals surface area contributed by atoms with Crippen molar-refractivity contribution < 1.29 is 14.3 Å².